The molecule has 0 aliphatic carbocycles. The maximum absolute atomic E-state index is 3.51. The number of rotatable bonds is 0. The Labute approximate surface area is 80.5 Å². The molecule has 64 valence electrons. The van der Waals surface area contributed by atoms with Gasteiger partial charge in [0.2, 0.25) is 0 Å². The van der Waals surface area contributed by atoms with Crippen molar-refractivity contribution in [1.82, 2.24) is 0 Å². The Morgan fingerprint density at radius 2 is 2.33 bits per heavy atom. The third-order valence-corrected chi connectivity index (χ3v) is 2.66. The van der Waals surface area contributed by atoms with Crippen LogP contribution in [0.5, 0.6) is 0 Å². The van der Waals surface area contributed by atoms with Crippen molar-refractivity contribution in [3.05, 3.63) is 22.7 Å². The summed E-state index contributed by atoms with van der Waals surface area (Å²) in [5.74, 6) is 0. The van der Waals surface area contributed by atoms with Crippen molar-refractivity contribution in [2.24, 2.45) is 0 Å². The van der Waals surface area contributed by atoms with Crippen LogP contribution in [0.15, 0.2) is 22.7 Å². The molecule has 1 aromatic rings. The van der Waals surface area contributed by atoms with Crippen molar-refractivity contribution in [2.45, 2.75) is 13.0 Å². The highest BCUT2D eigenvalue weighted by atomic mass is 79.9. The van der Waals surface area contributed by atoms with Crippen LogP contribution in [0.2, 0.25) is 0 Å². The first-order valence-electron chi connectivity index (χ1n) is 4.06. The van der Waals surface area contributed by atoms with Crippen LogP contribution in [-0.2, 0) is 0 Å². The molecule has 0 radical (unpaired) electrons. The van der Waals surface area contributed by atoms with Crippen molar-refractivity contribution in [1.29, 1.82) is 0 Å². The SMILES string of the molecule is CC1CNc2cccc(Br)c2N1. The molecule has 2 nitrogen and oxygen atoms in total. The summed E-state index contributed by atoms with van der Waals surface area (Å²) < 4.78 is 1.12. The standard InChI is InChI=1S/C9H11BrN2/c1-6-5-11-8-4-2-3-7(10)9(8)12-6/h2-4,6,11-12H,5H2,1H3. The van der Waals surface area contributed by atoms with Crippen molar-refractivity contribution in [3.8, 4) is 0 Å². The average molecular weight is 227 g/mol. The summed E-state index contributed by atoms with van der Waals surface area (Å²) >= 11 is 3.51. The smallest absolute Gasteiger partial charge is 0.0722 e. The zero-order valence-electron chi connectivity index (χ0n) is 6.89. The predicted molar refractivity (Wildman–Crippen MR) is 55.7 cm³/mol. The number of para-hydroxylation sites is 1. The van der Waals surface area contributed by atoms with Crippen molar-refractivity contribution >= 4 is 27.3 Å². The largest absolute Gasteiger partial charge is 0.381 e. The number of nitrogens with one attached hydrogen (secondary N) is 2. The topological polar surface area (TPSA) is 24.1 Å². The van der Waals surface area contributed by atoms with Crippen molar-refractivity contribution in [2.75, 3.05) is 17.2 Å². The number of fused-ring (bicyclic) bond motifs is 1. The first kappa shape index (κ1) is 7.92. The first-order valence-corrected chi connectivity index (χ1v) is 4.85. The van der Waals surface area contributed by atoms with E-state index in [1.807, 2.05) is 12.1 Å². The number of benzene rings is 1. The molecule has 12 heavy (non-hydrogen) atoms. The summed E-state index contributed by atoms with van der Waals surface area (Å²) in [4.78, 5) is 0. The lowest BCUT2D eigenvalue weighted by Crippen LogP contribution is -2.30. The number of hydrogen-bond donors (Lipinski definition) is 2. The summed E-state index contributed by atoms with van der Waals surface area (Å²) in [5.41, 5.74) is 2.36. The summed E-state index contributed by atoms with van der Waals surface area (Å²) in [6.45, 7) is 3.15. The molecule has 0 saturated heterocycles. The van der Waals surface area contributed by atoms with E-state index in [2.05, 4.69) is 39.6 Å². The van der Waals surface area contributed by atoms with Gasteiger partial charge in [0.15, 0.2) is 0 Å². The van der Waals surface area contributed by atoms with E-state index in [1.165, 1.54) is 11.4 Å². The van der Waals surface area contributed by atoms with Gasteiger partial charge in [-0.2, -0.15) is 0 Å². The van der Waals surface area contributed by atoms with E-state index in [1.54, 1.807) is 0 Å². The highest BCUT2D eigenvalue weighted by Crippen LogP contribution is 2.33. The third-order valence-electron chi connectivity index (χ3n) is 2.00. The van der Waals surface area contributed by atoms with E-state index in [4.69, 9.17) is 0 Å². The second kappa shape index (κ2) is 2.98. The van der Waals surface area contributed by atoms with Gasteiger partial charge in [0.1, 0.15) is 0 Å². The second-order valence-corrected chi connectivity index (χ2v) is 3.94. The fourth-order valence-electron chi connectivity index (χ4n) is 1.38. The Morgan fingerprint density at radius 3 is 3.17 bits per heavy atom. The maximum atomic E-state index is 3.51. The summed E-state index contributed by atoms with van der Waals surface area (Å²) in [7, 11) is 0. The number of halogens is 1. The molecule has 0 bridgehead atoms. The monoisotopic (exact) mass is 226 g/mol. The van der Waals surface area contributed by atoms with Gasteiger partial charge in [-0.25, -0.2) is 0 Å². The molecule has 2 N–H and O–H groups in total. The van der Waals surface area contributed by atoms with Gasteiger partial charge in [0, 0.05) is 17.1 Å². The molecule has 0 aromatic heterocycles. The normalized spacial score (nSPS) is 20.7. The zero-order valence-corrected chi connectivity index (χ0v) is 8.48. The van der Waals surface area contributed by atoms with Crippen molar-refractivity contribution in [3.63, 3.8) is 0 Å². The van der Waals surface area contributed by atoms with Crippen LogP contribution in [0.4, 0.5) is 11.4 Å². The van der Waals surface area contributed by atoms with Gasteiger partial charge in [0.05, 0.1) is 11.4 Å². The van der Waals surface area contributed by atoms with Crippen LogP contribution in [0.1, 0.15) is 6.92 Å². The fraction of sp³-hybridized carbons (Fsp3) is 0.333. The lowest BCUT2D eigenvalue weighted by atomic mass is 10.2. The molecular formula is C9H11BrN2. The third kappa shape index (κ3) is 1.29. The zero-order chi connectivity index (χ0) is 8.55. The number of anilines is 2. The van der Waals surface area contributed by atoms with Gasteiger partial charge in [-0.1, -0.05) is 6.07 Å². The molecule has 0 spiro atoms. The summed E-state index contributed by atoms with van der Waals surface area (Å²) in [6, 6.07) is 6.66. The molecular weight excluding hydrogens is 216 g/mol. The molecule has 1 heterocycles. The second-order valence-electron chi connectivity index (χ2n) is 3.09. The predicted octanol–water partition coefficient (Wildman–Crippen LogP) is 2.67. The summed E-state index contributed by atoms with van der Waals surface area (Å²) in [5, 5.41) is 6.78. The molecule has 3 heteroatoms. The van der Waals surface area contributed by atoms with Gasteiger partial charge in [0.25, 0.3) is 0 Å². The van der Waals surface area contributed by atoms with Crippen LogP contribution in [0.25, 0.3) is 0 Å². The van der Waals surface area contributed by atoms with Gasteiger partial charge >= 0.3 is 0 Å². The summed E-state index contributed by atoms with van der Waals surface area (Å²) in [6.07, 6.45) is 0. The van der Waals surface area contributed by atoms with E-state index < -0.39 is 0 Å². The van der Waals surface area contributed by atoms with Crippen LogP contribution in [-0.4, -0.2) is 12.6 Å². The van der Waals surface area contributed by atoms with Crippen molar-refractivity contribution < 1.29 is 0 Å². The van der Waals surface area contributed by atoms with Crippen LogP contribution in [0.3, 0.4) is 0 Å². The molecule has 2 rings (SSSR count). The quantitative estimate of drug-likeness (QED) is 0.711. The fourth-order valence-corrected chi connectivity index (χ4v) is 1.86. The molecule has 1 aliphatic heterocycles. The molecule has 1 aromatic carbocycles. The van der Waals surface area contributed by atoms with Gasteiger partial charge in [-0.05, 0) is 35.0 Å². The first-order chi connectivity index (χ1) is 5.77. The molecule has 1 unspecified atom stereocenters. The lowest BCUT2D eigenvalue weighted by molar-refractivity contribution is 0.816. The van der Waals surface area contributed by atoms with Crippen LogP contribution < -0.4 is 10.6 Å². The van der Waals surface area contributed by atoms with E-state index in [-0.39, 0.29) is 0 Å². The van der Waals surface area contributed by atoms with E-state index in [9.17, 15) is 0 Å². The highest BCUT2D eigenvalue weighted by molar-refractivity contribution is 9.10. The minimum Gasteiger partial charge on any atom is -0.381 e. The van der Waals surface area contributed by atoms with E-state index >= 15 is 0 Å². The minimum absolute atomic E-state index is 0.496. The Kier molecular flexibility index (Phi) is 1.97. The average Bonchev–Trinajstić information content (AvgIpc) is 2.07. The molecule has 0 amide bonds. The Bertz CT molecular complexity index is 299. The Morgan fingerprint density at radius 1 is 1.50 bits per heavy atom. The number of hydrogen-bond acceptors (Lipinski definition) is 2. The molecule has 1 atom stereocenters. The highest BCUT2D eigenvalue weighted by Gasteiger charge is 2.14. The maximum Gasteiger partial charge on any atom is 0.0722 e. The van der Waals surface area contributed by atoms with E-state index in [0.29, 0.717) is 6.04 Å². The van der Waals surface area contributed by atoms with Gasteiger partial charge < -0.3 is 10.6 Å². The van der Waals surface area contributed by atoms with Gasteiger partial charge in [-0.3, -0.25) is 0 Å². The lowest BCUT2D eigenvalue weighted by Gasteiger charge is -2.26. The van der Waals surface area contributed by atoms with Gasteiger partial charge in [-0.15, -0.1) is 0 Å². The molecule has 1 aliphatic rings. The molecule has 0 fully saturated rings. The minimum atomic E-state index is 0.496. The molecule has 0 saturated carbocycles. The van der Waals surface area contributed by atoms with Crippen LogP contribution >= 0.6 is 15.9 Å². The Balaban J connectivity index is 2.43. The van der Waals surface area contributed by atoms with E-state index in [0.717, 1.165) is 11.0 Å². The Hall–Kier alpha value is -0.700. The van der Waals surface area contributed by atoms with Crippen LogP contribution in [0, 0.1) is 0 Å².